The summed E-state index contributed by atoms with van der Waals surface area (Å²) in [6.07, 6.45) is 2.94. The van der Waals surface area contributed by atoms with Gasteiger partial charge in [-0.05, 0) is 50.0 Å². The minimum atomic E-state index is -0.0577. The fraction of sp³-hybridized carbons (Fsp3) is 0.600. The zero-order chi connectivity index (χ0) is 13.7. The molecular weight excluding hydrogens is 242 g/mol. The van der Waals surface area contributed by atoms with E-state index >= 15 is 0 Å². The van der Waals surface area contributed by atoms with Crippen LogP contribution in [0.1, 0.15) is 31.7 Å². The van der Waals surface area contributed by atoms with Crippen LogP contribution < -0.4 is 5.32 Å². The fourth-order valence-electron chi connectivity index (χ4n) is 2.80. The standard InChI is InChI=1S/C15H23NO3/c1-2-16-8-5-15(6-9-19-10-7-15)12-3-4-13(17)14(18)11-12/h3-4,11,16-18H,2,5-10H2,1H3. The molecule has 2 rings (SSSR count). The monoisotopic (exact) mass is 265 g/mol. The van der Waals surface area contributed by atoms with Crippen molar-refractivity contribution in [2.24, 2.45) is 0 Å². The lowest BCUT2D eigenvalue weighted by molar-refractivity contribution is 0.0468. The number of benzene rings is 1. The highest BCUT2D eigenvalue weighted by Crippen LogP contribution is 2.40. The van der Waals surface area contributed by atoms with E-state index in [1.807, 2.05) is 6.07 Å². The maximum absolute atomic E-state index is 9.72. The second kappa shape index (κ2) is 6.26. The Hall–Kier alpha value is -1.26. The third kappa shape index (κ3) is 3.19. The van der Waals surface area contributed by atoms with E-state index < -0.39 is 0 Å². The smallest absolute Gasteiger partial charge is 0.157 e. The zero-order valence-corrected chi connectivity index (χ0v) is 11.5. The van der Waals surface area contributed by atoms with Gasteiger partial charge in [-0.1, -0.05) is 13.0 Å². The molecule has 1 aromatic carbocycles. The third-order valence-corrected chi connectivity index (χ3v) is 4.07. The predicted molar refractivity (Wildman–Crippen MR) is 74.7 cm³/mol. The van der Waals surface area contributed by atoms with Gasteiger partial charge in [-0.15, -0.1) is 0 Å². The molecule has 4 heteroatoms. The highest BCUT2D eigenvalue weighted by Gasteiger charge is 2.34. The van der Waals surface area contributed by atoms with Gasteiger partial charge in [0.1, 0.15) is 0 Å². The van der Waals surface area contributed by atoms with Crippen LogP contribution in [0.2, 0.25) is 0 Å². The molecule has 1 aromatic rings. The normalized spacial score (nSPS) is 18.4. The van der Waals surface area contributed by atoms with Crippen LogP contribution in [0.15, 0.2) is 18.2 Å². The molecule has 3 N–H and O–H groups in total. The van der Waals surface area contributed by atoms with E-state index in [2.05, 4.69) is 12.2 Å². The number of hydrogen-bond donors (Lipinski definition) is 3. The molecule has 0 atom stereocenters. The van der Waals surface area contributed by atoms with Gasteiger partial charge in [0.15, 0.2) is 11.5 Å². The Balaban J connectivity index is 2.22. The summed E-state index contributed by atoms with van der Waals surface area (Å²) in [7, 11) is 0. The molecule has 0 unspecified atom stereocenters. The van der Waals surface area contributed by atoms with Gasteiger partial charge in [-0.25, -0.2) is 0 Å². The average Bonchev–Trinajstić information content (AvgIpc) is 2.43. The van der Waals surface area contributed by atoms with E-state index in [1.54, 1.807) is 12.1 Å². The van der Waals surface area contributed by atoms with Crippen molar-refractivity contribution in [3.8, 4) is 11.5 Å². The number of hydrogen-bond acceptors (Lipinski definition) is 4. The van der Waals surface area contributed by atoms with E-state index in [-0.39, 0.29) is 16.9 Å². The molecule has 0 spiro atoms. The molecule has 19 heavy (non-hydrogen) atoms. The van der Waals surface area contributed by atoms with Gasteiger partial charge in [-0.3, -0.25) is 0 Å². The third-order valence-electron chi connectivity index (χ3n) is 4.07. The fourth-order valence-corrected chi connectivity index (χ4v) is 2.80. The molecular formula is C15H23NO3. The van der Waals surface area contributed by atoms with Crippen molar-refractivity contribution in [3.05, 3.63) is 23.8 Å². The maximum Gasteiger partial charge on any atom is 0.157 e. The number of nitrogens with one attached hydrogen (secondary N) is 1. The molecule has 1 heterocycles. The van der Waals surface area contributed by atoms with Gasteiger partial charge in [0.05, 0.1) is 0 Å². The van der Waals surface area contributed by atoms with Gasteiger partial charge in [0.25, 0.3) is 0 Å². The summed E-state index contributed by atoms with van der Waals surface area (Å²) in [4.78, 5) is 0. The first-order valence-corrected chi connectivity index (χ1v) is 6.99. The summed E-state index contributed by atoms with van der Waals surface area (Å²) in [6.45, 7) is 5.54. The van der Waals surface area contributed by atoms with E-state index in [0.29, 0.717) is 0 Å². The second-order valence-electron chi connectivity index (χ2n) is 5.20. The SMILES string of the molecule is CCNCCC1(c2ccc(O)c(O)c2)CCOCC1. The largest absolute Gasteiger partial charge is 0.504 e. The highest BCUT2D eigenvalue weighted by molar-refractivity contribution is 5.43. The molecule has 4 nitrogen and oxygen atoms in total. The van der Waals surface area contributed by atoms with Gasteiger partial charge in [0, 0.05) is 18.6 Å². The van der Waals surface area contributed by atoms with Crippen LogP contribution >= 0.6 is 0 Å². The molecule has 0 aliphatic carbocycles. The Kier molecular flexibility index (Phi) is 4.66. The first-order chi connectivity index (χ1) is 9.18. The molecule has 0 radical (unpaired) electrons. The lowest BCUT2D eigenvalue weighted by Crippen LogP contribution is -2.36. The molecule has 1 fully saturated rings. The summed E-state index contributed by atoms with van der Waals surface area (Å²) >= 11 is 0. The predicted octanol–water partition coefficient (Wildman–Crippen LogP) is 2.15. The van der Waals surface area contributed by atoms with E-state index in [4.69, 9.17) is 4.74 Å². The molecule has 0 saturated carbocycles. The van der Waals surface area contributed by atoms with Gasteiger partial charge in [0.2, 0.25) is 0 Å². The Morgan fingerprint density at radius 3 is 2.58 bits per heavy atom. The van der Waals surface area contributed by atoms with Gasteiger partial charge in [-0.2, -0.15) is 0 Å². The summed E-state index contributed by atoms with van der Waals surface area (Å²) in [6, 6.07) is 5.20. The Morgan fingerprint density at radius 1 is 1.21 bits per heavy atom. The first kappa shape index (κ1) is 14.2. The van der Waals surface area contributed by atoms with Crippen LogP contribution in [-0.2, 0) is 10.2 Å². The van der Waals surface area contributed by atoms with E-state index in [1.165, 1.54) is 0 Å². The van der Waals surface area contributed by atoms with Crippen LogP contribution in [0, 0.1) is 0 Å². The number of rotatable bonds is 5. The highest BCUT2D eigenvalue weighted by atomic mass is 16.5. The van der Waals surface area contributed by atoms with Crippen molar-refractivity contribution in [3.63, 3.8) is 0 Å². The summed E-state index contributed by atoms with van der Waals surface area (Å²) in [5, 5.41) is 22.5. The van der Waals surface area contributed by atoms with Crippen molar-refractivity contribution in [2.75, 3.05) is 26.3 Å². The summed E-state index contributed by atoms with van der Waals surface area (Å²) in [5.74, 6) is -0.0931. The van der Waals surface area contributed by atoms with Crippen molar-refractivity contribution in [2.45, 2.75) is 31.6 Å². The Labute approximate surface area is 114 Å². The molecule has 1 aliphatic heterocycles. The van der Waals surface area contributed by atoms with E-state index in [9.17, 15) is 10.2 Å². The number of phenolic OH excluding ortho intramolecular Hbond substituents is 2. The molecule has 0 amide bonds. The number of aromatic hydroxyl groups is 2. The number of ether oxygens (including phenoxy) is 1. The lowest BCUT2D eigenvalue weighted by atomic mass is 9.71. The van der Waals surface area contributed by atoms with Crippen LogP contribution in [-0.4, -0.2) is 36.5 Å². The second-order valence-corrected chi connectivity index (χ2v) is 5.20. The van der Waals surface area contributed by atoms with Crippen LogP contribution in [0.3, 0.4) is 0 Å². The quantitative estimate of drug-likeness (QED) is 0.564. The van der Waals surface area contributed by atoms with Crippen molar-refractivity contribution in [1.29, 1.82) is 0 Å². The molecule has 1 aliphatic rings. The van der Waals surface area contributed by atoms with E-state index in [0.717, 1.165) is 51.1 Å². The molecule has 1 saturated heterocycles. The van der Waals surface area contributed by atoms with Crippen LogP contribution in [0.4, 0.5) is 0 Å². The van der Waals surface area contributed by atoms with Crippen LogP contribution in [0.5, 0.6) is 11.5 Å². The zero-order valence-electron chi connectivity index (χ0n) is 11.5. The molecule has 0 bridgehead atoms. The summed E-state index contributed by atoms with van der Waals surface area (Å²) in [5.41, 5.74) is 1.15. The van der Waals surface area contributed by atoms with Crippen LogP contribution in [0.25, 0.3) is 0 Å². The Morgan fingerprint density at radius 2 is 1.95 bits per heavy atom. The number of phenols is 2. The minimum Gasteiger partial charge on any atom is -0.504 e. The lowest BCUT2D eigenvalue weighted by Gasteiger charge is -2.38. The van der Waals surface area contributed by atoms with Crippen molar-refractivity contribution >= 4 is 0 Å². The Bertz CT molecular complexity index is 414. The minimum absolute atomic E-state index is 0.0354. The molecule has 0 aromatic heterocycles. The molecule has 106 valence electrons. The summed E-state index contributed by atoms with van der Waals surface area (Å²) < 4.78 is 5.47. The first-order valence-electron chi connectivity index (χ1n) is 6.99. The average molecular weight is 265 g/mol. The van der Waals surface area contributed by atoms with Gasteiger partial charge < -0.3 is 20.3 Å². The van der Waals surface area contributed by atoms with Crippen molar-refractivity contribution in [1.82, 2.24) is 5.32 Å². The van der Waals surface area contributed by atoms with Crippen molar-refractivity contribution < 1.29 is 14.9 Å². The maximum atomic E-state index is 9.72. The topological polar surface area (TPSA) is 61.7 Å². The van der Waals surface area contributed by atoms with Gasteiger partial charge >= 0.3 is 0 Å².